The van der Waals surface area contributed by atoms with Crippen LogP contribution in [0.15, 0.2) is 89.3 Å². The smallest absolute Gasteiger partial charge is 0.255 e. The molecule has 0 unspecified atom stereocenters. The number of amides is 2. The van der Waals surface area contributed by atoms with E-state index in [1.54, 1.807) is 73.8 Å². The van der Waals surface area contributed by atoms with Crippen molar-refractivity contribution >= 4 is 28.5 Å². The van der Waals surface area contributed by atoms with Crippen LogP contribution in [0.1, 0.15) is 27.6 Å². The molecule has 9 heteroatoms. The van der Waals surface area contributed by atoms with Gasteiger partial charge in [-0.15, -0.1) is 0 Å². The first-order valence-electron chi connectivity index (χ1n) is 12.9. The molecule has 5 aromatic rings. The lowest BCUT2D eigenvalue weighted by Crippen LogP contribution is -2.21. The van der Waals surface area contributed by atoms with E-state index in [0.717, 1.165) is 11.1 Å². The topological polar surface area (TPSA) is 107 Å². The molecule has 2 amide bonds. The fraction of sp³-hybridized carbons (Fsp3) is 0.125. The van der Waals surface area contributed by atoms with Crippen LogP contribution in [0.25, 0.3) is 33.4 Å². The lowest BCUT2D eigenvalue weighted by Gasteiger charge is -2.23. The number of anilines is 1. The van der Waals surface area contributed by atoms with Gasteiger partial charge < -0.3 is 20.2 Å². The number of nitrogens with zero attached hydrogens (tertiary/aromatic N) is 1. The molecule has 0 spiro atoms. The first-order chi connectivity index (χ1) is 19.8. The van der Waals surface area contributed by atoms with E-state index in [0.29, 0.717) is 57.2 Å². The monoisotopic (exact) mass is 553 g/mol. The minimum Gasteiger partial charge on any atom is -0.457 e. The summed E-state index contributed by atoms with van der Waals surface area (Å²) in [6.45, 7) is 2.46. The van der Waals surface area contributed by atoms with Gasteiger partial charge in [-0.2, -0.15) is 0 Å². The van der Waals surface area contributed by atoms with Crippen LogP contribution in [-0.2, 0) is 4.84 Å². The number of fused-ring (bicyclic) bond motifs is 1. The average Bonchev–Trinajstić information content (AvgIpc) is 3.36. The third kappa shape index (κ3) is 5.48. The predicted octanol–water partition coefficient (Wildman–Crippen LogP) is 6.54. The standard InChI is InChI=1S/C32H28FN3O5/c1-4-36(39-3)27-18-28-26(17-25(27)20-7-5-8-21(15-20)31(34)37)29(32(38)35-2)30(41-28)19-11-13-23(14-12-19)40-24-10-6-9-22(33)16-24/h5-18H,4H2,1-3H3,(H2,34,37)(H,35,38). The maximum absolute atomic E-state index is 13.6. The van der Waals surface area contributed by atoms with Crippen molar-refractivity contribution in [1.29, 1.82) is 0 Å². The molecule has 0 radical (unpaired) electrons. The molecular formula is C32H28FN3O5. The number of hydrogen-bond donors (Lipinski definition) is 2. The molecular weight excluding hydrogens is 525 g/mol. The highest BCUT2D eigenvalue weighted by Gasteiger charge is 2.25. The Balaban J connectivity index is 1.66. The number of carbonyl (C=O) groups excluding carboxylic acids is 2. The third-order valence-corrected chi connectivity index (χ3v) is 6.64. The van der Waals surface area contributed by atoms with Crippen LogP contribution < -0.4 is 20.9 Å². The molecule has 0 atom stereocenters. The summed E-state index contributed by atoms with van der Waals surface area (Å²) in [5.41, 5.74) is 9.49. The number of ether oxygens (including phenoxy) is 1. The van der Waals surface area contributed by atoms with Gasteiger partial charge in [0.1, 0.15) is 28.7 Å². The quantitative estimate of drug-likeness (QED) is 0.201. The molecule has 1 aromatic heterocycles. The number of furan rings is 1. The minimum absolute atomic E-state index is 0.331. The second-order valence-electron chi connectivity index (χ2n) is 9.16. The van der Waals surface area contributed by atoms with Crippen molar-refractivity contribution < 1.29 is 28.0 Å². The third-order valence-electron chi connectivity index (χ3n) is 6.64. The molecule has 3 N–H and O–H groups in total. The Morgan fingerprint density at radius 3 is 2.37 bits per heavy atom. The zero-order valence-corrected chi connectivity index (χ0v) is 22.7. The number of nitrogens with two attached hydrogens (primary N) is 1. The first-order valence-corrected chi connectivity index (χ1v) is 12.9. The van der Waals surface area contributed by atoms with E-state index in [9.17, 15) is 14.0 Å². The maximum atomic E-state index is 13.6. The minimum atomic E-state index is -0.546. The Labute approximate surface area is 236 Å². The Kier molecular flexibility index (Phi) is 7.71. The highest BCUT2D eigenvalue weighted by atomic mass is 19.1. The lowest BCUT2D eigenvalue weighted by molar-refractivity contribution is 0.0963. The summed E-state index contributed by atoms with van der Waals surface area (Å²) < 4.78 is 25.6. The van der Waals surface area contributed by atoms with Crippen molar-refractivity contribution in [2.45, 2.75) is 6.92 Å². The summed E-state index contributed by atoms with van der Waals surface area (Å²) in [7, 11) is 3.12. The molecule has 4 aromatic carbocycles. The Morgan fingerprint density at radius 1 is 0.951 bits per heavy atom. The van der Waals surface area contributed by atoms with Crippen LogP contribution >= 0.6 is 0 Å². The predicted molar refractivity (Wildman–Crippen MR) is 155 cm³/mol. The first kappa shape index (κ1) is 27.4. The molecule has 41 heavy (non-hydrogen) atoms. The summed E-state index contributed by atoms with van der Waals surface area (Å²) in [6, 6.07) is 23.5. The zero-order chi connectivity index (χ0) is 29.1. The van der Waals surface area contributed by atoms with Gasteiger partial charge in [0.2, 0.25) is 5.91 Å². The maximum Gasteiger partial charge on any atom is 0.255 e. The van der Waals surface area contributed by atoms with Gasteiger partial charge in [-0.25, -0.2) is 4.39 Å². The number of halogens is 1. The van der Waals surface area contributed by atoms with Gasteiger partial charge in [0.05, 0.1) is 18.4 Å². The SMILES string of the molecule is CCN(OC)c1cc2oc(-c3ccc(Oc4cccc(F)c4)cc3)c(C(=O)NC)c2cc1-c1cccc(C(N)=O)c1. The molecule has 0 bridgehead atoms. The van der Waals surface area contributed by atoms with Gasteiger partial charge in [0, 0.05) is 47.8 Å². The van der Waals surface area contributed by atoms with Crippen molar-refractivity contribution in [1.82, 2.24) is 5.32 Å². The number of rotatable bonds is 9. The Hall–Kier alpha value is -5.15. The summed E-state index contributed by atoms with van der Waals surface area (Å²) >= 11 is 0. The summed E-state index contributed by atoms with van der Waals surface area (Å²) in [4.78, 5) is 30.7. The molecule has 208 valence electrons. The molecule has 1 heterocycles. The van der Waals surface area contributed by atoms with Crippen LogP contribution in [0.3, 0.4) is 0 Å². The fourth-order valence-corrected chi connectivity index (χ4v) is 4.70. The number of nitrogens with one attached hydrogen (secondary N) is 1. The summed E-state index contributed by atoms with van der Waals surface area (Å²) in [5.74, 6) is -0.0448. The number of benzene rings is 4. The lowest BCUT2D eigenvalue weighted by atomic mass is 9.97. The molecule has 0 aliphatic carbocycles. The second-order valence-corrected chi connectivity index (χ2v) is 9.16. The van der Waals surface area contributed by atoms with E-state index in [4.69, 9.17) is 19.7 Å². The van der Waals surface area contributed by atoms with Crippen molar-refractivity contribution in [3.63, 3.8) is 0 Å². The van der Waals surface area contributed by atoms with Gasteiger partial charge in [-0.3, -0.25) is 19.5 Å². The highest BCUT2D eigenvalue weighted by molar-refractivity contribution is 6.13. The molecule has 8 nitrogen and oxygen atoms in total. The number of primary amides is 1. The normalized spacial score (nSPS) is 10.9. The summed E-state index contributed by atoms with van der Waals surface area (Å²) in [5, 5.41) is 4.97. The van der Waals surface area contributed by atoms with Crippen molar-refractivity contribution in [2.75, 3.05) is 25.8 Å². The van der Waals surface area contributed by atoms with Crippen LogP contribution in [0.5, 0.6) is 11.5 Å². The molecule has 0 aliphatic heterocycles. The fourth-order valence-electron chi connectivity index (χ4n) is 4.70. The van der Waals surface area contributed by atoms with Gasteiger partial charge in [0.15, 0.2) is 0 Å². The Bertz CT molecular complexity index is 1740. The van der Waals surface area contributed by atoms with Crippen LogP contribution in [0, 0.1) is 5.82 Å². The van der Waals surface area contributed by atoms with E-state index >= 15 is 0 Å². The van der Waals surface area contributed by atoms with Crippen molar-refractivity contribution in [3.05, 3.63) is 102 Å². The molecule has 0 fully saturated rings. The van der Waals surface area contributed by atoms with Gasteiger partial charge in [-0.05, 0) is 67.1 Å². The molecule has 5 rings (SSSR count). The molecule has 0 aliphatic rings. The number of hydroxylamine groups is 1. The van der Waals surface area contributed by atoms with Crippen LogP contribution in [-0.4, -0.2) is 32.5 Å². The van der Waals surface area contributed by atoms with E-state index in [-0.39, 0.29) is 5.91 Å². The van der Waals surface area contributed by atoms with E-state index in [1.807, 2.05) is 25.1 Å². The van der Waals surface area contributed by atoms with Gasteiger partial charge in [-0.1, -0.05) is 18.2 Å². The number of hydrogen-bond acceptors (Lipinski definition) is 6. The largest absolute Gasteiger partial charge is 0.457 e. The van der Waals surface area contributed by atoms with Crippen molar-refractivity contribution in [2.24, 2.45) is 5.73 Å². The highest BCUT2D eigenvalue weighted by Crippen LogP contribution is 2.41. The molecule has 0 saturated carbocycles. The second kappa shape index (κ2) is 11.5. The van der Waals surface area contributed by atoms with Crippen LogP contribution in [0.4, 0.5) is 10.1 Å². The van der Waals surface area contributed by atoms with E-state index in [1.165, 1.54) is 12.1 Å². The zero-order valence-electron chi connectivity index (χ0n) is 22.7. The van der Waals surface area contributed by atoms with E-state index < -0.39 is 11.7 Å². The Morgan fingerprint density at radius 2 is 1.71 bits per heavy atom. The van der Waals surface area contributed by atoms with Gasteiger partial charge in [0.25, 0.3) is 5.91 Å². The average molecular weight is 554 g/mol. The van der Waals surface area contributed by atoms with Crippen LogP contribution in [0.2, 0.25) is 0 Å². The van der Waals surface area contributed by atoms with E-state index in [2.05, 4.69) is 5.32 Å². The van der Waals surface area contributed by atoms with Gasteiger partial charge >= 0.3 is 0 Å². The van der Waals surface area contributed by atoms with Crippen molar-refractivity contribution in [3.8, 4) is 33.9 Å². The molecule has 0 saturated heterocycles. The summed E-state index contributed by atoms with van der Waals surface area (Å²) in [6.07, 6.45) is 0. The number of carbonyl (C=O) groups is 2.